The molecule has 0 saturated carbocycles. The van der Waals surface area contributed by atoms with E-state index in [1.165, 1.54) is 0 Å². The van der Waals surface area contributed by atoms with Crippen LogP contribution in [0.25, 0.3) is 0 Å². The van der Waals surface area contributed by atoms with Gasteiger partial charge in [0.15, 0.2) is 11.5 Å². The molecule has 6 heteroatoms. The van der Waals surface area contributed by atoms with E-state index in [2.05, 4.69) is 5.32 Å². The molecule has 160 valence electrons. The van der Waals surface area contributed by atoms with Crippen molar-refractivity contribution in [1.29, 1.82) is 0 Å². The SMILES string of the molecule is COc1cc2c(cc1CNC(=O)c1ccc(OCc3ccccc3)cc1)OCCCO2. The van der Waals surface area contributed by atoms with E-state index in [9.17, 15) is 4.79 Å². The van der Waals surface area contributed by atoms with Crippen molar-refractivity contribution in [1.82, 2.24) is 5.32 Å². The summed E-state index contributed by atoms with van der Waals surface area (Å²) < 4.78 is 22.7. The second kappa shape index (κ2) is 9.89. The summed E-state index contributed by atoms with van der Waals surface area (Å²) in [6.07, 6.45) is 0.828. The molecule has 1 aliphatic rings. The Morgan fingerprint density at radius 2 is 1.68 bits per heavy atom. The minimum Gasteiger partial charge on any atom is -0.496 e. The Kier molecular flexibility index (Phi) is 6.57. The first kappa shape index (κ1) is 20.6. The van der Waals surface area contributed by atoms with Crippen LogP contribution >= 0.6 is 0 Å². The summed E-state index contributed by atoms with van der Waals surface area (Å²) in [6, 6.07) is 20.7. The average molecular weight is 419 g/mol. The van der Waals surface area contributed by atoms with Gasteiger partial charge in [0.2, 0.25) is 0 Å². The van der Waals surface area contributed by atoms with E-state index in [1.54, 1.807) is 37.4 Å². The molecule has 4 rings (SSSR count). The van der Waals surface area contributed by atoms with Crippen LogP contribution in [0.1, 0.15) is 27.9 Å². The van der Waals surface area contributed by atoms with Gasteiger partial charge in [-0.25, -0.2) is 0 Å². The Balaban J connectivity index is 1.37. The highest BCUT2D eigenvalue weighted by Gasteiger charge is 2.16. The maximum Gasteiger partial charge on any atom is 0.251 e. The van der Waals surface area contributed by atoms with Crippen molar-refractivity contribution in [2.75, 3.05) is 20.3 Å². The predicted octanol–water partition coefficient (Wildman–Crippen LogP) is 4.37. The number of amides is 1. The Morgan fingerprint density at radius 3 is 2.39 bits per heavy atom. The van der Waals surface area contributed by atoms with E-state index in [0.29, 0.717) is 54.9 Å². The van der Waals surface area contributed by atoms with Gasteiger partial charge in [0.1, 0.15) is 18.1 Å². The highest BCUT2D eigenvalue weighted by molar-refractivity contribution is 5.94. The van der Waals surface area contributed by atoms with Crippen LogP contribution in [-0.4, -0.2) is 26.2 Å². The van der Waals surface area contributed by atoms with Crippen molar-refractivity contribution in [2.45, 2.75) is 19.6 Å². The summed E-state index contributed by atoms with van der Waals surface area (Å²) in [6.45, 7) is 2.00. The van der Waals surface area contributed by atoms with Crippen LogP contribution < -0.4 is 24.3 Å². The standard InChI is InChI=1S/C25H25NO5/c1-28-22-15-24-23(29-12-5-13-30-24)14-20(22)16-26-25(27)19-8-10-21(11-9-19)31-17-18-6-3-2-4-7-18/h2-4,6-11,14-15H,5,12-13,16-17H2,1H3,(H,26,27). The smallest absolute Gasteiger partial charge is 0.251 e. The van der Waals surface area contributed by atoms with E-state index in [0.717, 1.165) is 17.5 Å². The topological polar surface area (TPSA) is 66.0 Å². The molecule has 6 nitrogen and oxygen atoms in total. The summed E-state index contributed by atoms with van der Waals surface area (Å²) in [4.78, 5) is 12.6. The quantitative estimate of drug-likeness (QED) is 0.616. The normalized spacial score (nSPS) is 12.5. The molecule has 1 amide bonds. The summed E-state index contributed by atoms with van der Waals surface area (Å²) in [5.41, 5.74) is 2.47. The van der Waals surface area contributed by atoms with Crippen LogP contribution in [-0.2, 0) is 13.2 Å². The monoisotopic (exact) mass is 419 g/mol. The van der Waals surface area contributed by atoms with Gasteiger partial charge in [-0.2, -0.15) is 0 Å². The highest BCUT2D eigenvalue weighted by atomic mass is 16.5. The van der Waals surface area contributed by atoms with Gasteiger partial charge in [-0.05, 0) is 35.9 Å². The van der Waals surface area contributed by atoms with E-state index < -0.39 is 0 Å². The van der Waals surface area contributed by atoms with Crippen molar-refractivity contribution in [3.05, 3.63) is 83.4 Å². The van der Waals surface area contributed by atoms with Crippen LogP contribution in [0.4, 0.5) is 0 Å². The molecule has 1 aliphatic heterocycles. The lowest BCUT2D eigenvalue weighted by Crippen LogP contribution is -2.23. The fraction of sp³-hybridized carbons (Fsp3) is 0.240. The van der Waals surface area contributed by atoms with Crippen LogP contribution in [0, 0.1) is 0 Å². The van der Waals surface area contributed by atoms with Crippen molar-refractivity contribution in [2.24, 2.45) is 0 Å². The number of nitrogens with one attached hydrogen (secondary N) is 1. The lowest BCUT2D eigenvalue weighted by Gasteiger charge is -2.14. The van der Waals surface area contributed by atoms with Crippen molar-refractivity contribution >= 4 is 5.91 Å². The van der Waals surface area contributed by atoms with Crippen LogP contribution in [0.3, 0.4) is 0 Å². The molecule has 0 bridgehead atoms. The zero-order valence-electron chi connectivity index (χ0n) is 17.4. The summed E-state index contributed by atoms with van der Waals surface area (Å²) in [7, 11) is 1.60. The summed E-state index contributed by atoms with van der Waals surface area (Å²) in [5.74, 6) is 2.51. The fourth-order valence-electron chi connectivity index (χ4n) is 3.28. The summed E-state index contributed by atoms with van der Waals surface area (Å²) >= 11 is 0. The number of hydrogen-bond acceptors (Lipinski definition) is 5. The molecule has 0 spiro atoms. The molecule has 0 aliphatic carbocycles. The Hall–Kier alpha value is -3.67. The van der Waals surface area contributed by atoms with E-state index in [1.807, 2.05) is 36.4 Å². The van der Waals surface area contributed by atoms with Gasteiger partial charge in [0, 0.05) is 30.2 Å². The van der Waals surface area contributed by atoms with Crippen LogP contribution in [0.5, 0.6) is 23.0 Å². The Morgan fingerprint density at radius 1 is 0.968 bits per heavy atom. The summed E-state index contributed by atoms with van der Waals surface area (Å²) in [5, 5.41) is 2.93. The zero-order chi connectivity index (χ0) is 21.5. The number of rotatable bonds is 7. The lowest BCUT2D eigenvalue weighted by molar-refractivity contribution is 0.0950. The van der Waals surface area contributed by atoms with Gasteiger partial charge in [0.05, 0.1) is 20.3 Å². The molecule has 0 unspecified atom stereocenters. The van der Waals surface area contributed by atoms with Crippen molar-refractivity contribution in [3.8, 4) is 23.0 Å². The number of carbonyl (C=O) groups is 1. The number of carbonyl (C=O) groups excluding carboxylic acids is 1. The van der Waals surface area contributed by atoms with Crippen molar-refractivity contribution < 1.29 is 23.7 Å². The first-order valence-corrected chi connectivity index (χ1v) is 10.2. The molecule has 0 radical (unpaired) electrons. The number of ether oxygens (including phenoxy) is 4. The third kappa shape index (κ3) is 5.28. The molecule has 31 heavy (non-hydrogen) atoms. The van der Waals surface area contributed by atoms with E-state index in [-0.39, 0.29) is 5.91 Å². The highest BCUT2D eigenvalue weighted by Crippen LogP contribution is 2.36. The second-order valence-electron chi connectivity index (χ2n) is 7.14. The number of methoxy groups -OCH3 is 1. The lowest BCUT2D eigenvalue weighted by atomic mass is 10.1. The van der Waals surface area contributed by atoms with Gasteiger partial charge in [-0.1, -0.05) is 30.3 Å². The fourth-order valence-corrected chi connectivity index (χ4v) is 3.28. The van der Waals surface area contributed by atoms with E-state index >= 15 is 0 Å². The molecule has 1 N–H and O–H groups in total. The largest absolute Gasteiger partial charge is 0.496 e. The minimum atomic E-state index is -0.177. The maximum atomic E-state index is 12.6. The number of fused-ring (bicyclic) bond motifs is 1. The molecule has 1 heterocycles. The number of hydrogen-bond donors (Lipinski definition) is 1. The van der Waals surface area contributed by atoms with E-state index in [4.69, 9.17) is 18.9 Å². The first-order valence-electron chi connectivity index (χ1n) is 10.2. The third-order valence-corrected chi connectivity index (χ3v) is 4.95. The van der Waals surface area contributed by atoms with Gasteiger partial charge >= 0.3 is 0 Å². The number of benzene rings is 3. The Bertz CT molecular complexity index is 1020. The van der Waals surface area contributed by atoms with Crippen LogP contribution in [0.15, 0.2) is 66.7 Å². The van der Waals surface area contributed by atoms with Gasteiger partial charge in [0.25, 0.3) is 5.91 Å². The van der Waals surface area contributed by atoms with Gasteiger partial charge in [-0.3, -0.25) is 4.79 Å². The first-order chi connectivity index (χ1) is 15.2. The van der Waals surface area contributed by atoms with Crippen molar-refractivity contribution in [3.63, 3.8) is 0 Å². The van der Waals surface area contributed by atoms with Crippen LogP contribution in [0.2, 0.25) is 0 Å². The average Bonchev–Trinajstić information content (AvgIpc) is 3.06. The molecule has 3 aromatic rings. The molecule has 0 fully saturated rings. The Labute approximate surface area is 181 Å². The third-order valence-electron chi connectivity index (χ3n) is 4.95. The molecular formula is C25H25NO5. The second-order valence-corrected chi connectivity index (χ2v) is 7.14. The molecule has 0 saturated heterocycles. The predicted molar refractivity (Wildman–Crippen MR) is 117 cm³/mol. The minimum absolute atomic E-state index is 0.177. The zero-order valence-corrected chi connectivity index (χ0v) is 17.4. The van der Waals surface area contributed by atoms with Gasteiger partial charge in [-0.15, -0.1) is 0 Å². The molecule has 0 aromatic heterocycles. The maximum absolute atomic E-state index is 12.6. The molecule has 3 aromatic carbocycles. The molecule has 0 atom stereocenters. The van der Waals surface area contributed by atoms with Gasteiger partial charge < -0.3 is 24.3 Å². The molecular weight excluding hydrogens is 394 g/mol.